The number of nitrogens with zero attached hydrogens (tertiary/aromatic N) is 2. The van der Waals surface area contributed by atoms with Crippen LogP contribution < -0.4 is 0 Å². The molecule has 0 aromatic carbocycles. The molecule has 0 saturated carbocycles. The number of nitro groups is 1. The molecule has 0 aromatic rings. The smallest absolute Gasteiger partial charge is 0.258 e. The molecule has 0 heterocycles. The van der Waals surface area contributed by atoms with Gasteiger partial charge in [0.05, 0.1) is 10.3 Å². The average Bonchev–Trinajstić information content (AvgIpc) is 2.04. The zero-order valence-corrected chi connectivity index (χ0v) is 7.63. The van der Waals surface area contributed by atoms with Gasteiger partial charge in [-0.1, -0.05) is 13.3 Å². The van der Waals surface area contributed by atoms with Gasteiger partial charge in [0.15, 0.2) is 6.07 Å². The van der Waals surface area contributed by atoms with Crippen LogP contribution in [0.5, 0.6) is 0 Å². The summed E-state index contributed by atoms with van der Waals surface area (Å²) >= 11 is 1.31. The lowest BCUT2D eigenvalue weighted by Crippen LogP contribution is -1.94. The van der Waals surface area contributed by atoms with Crippen molar-refractivity contribution in [1.29, 1.82) is 5.26 Å². The Hall–Kier alpha value is -1.02. The van der Waals surface area contributed by atoms with Crippen LogP contribution in [0.3, 0.4) is 0 Å². The van der Waals surface area contributed by atoms with Crippen molar-refractivity contribution in [2.24, 2.45) is 0 Å². The molecule has 0 atom stereocenters. The van der Waals surface area contributed by atoms with Crippen molar-refractivity contribution < 1.29 is 4.92 Å². The molecule has 0 radical (unpaired) electrons. The summed E-state index contributed by atoms with van der Waals surface area (Å²) in [6.07, 6.45) is 2.07. The fraction of sp³-hybridized carbons (Fsp3) is 0.571. The molecule has 0 saturated heterocycles. The monoisotopic (exact) mass is 186 g/mol. The lowest BCUT2D eigenvalue weighted by Gasteiger charge is -1.90. The van der Waals surface area contributed by atoms with Crippen LogP contribution in [0.15, 0.2) is 11.1 Å². The van der Waals surface area contributed by atoms with Crippen molar-refractivity contribution >= 4 is 11.8 Å². The van der Waals surface area contributed by atoms with Crippen LogP contribution in [0.25, 0.3) is 0 Å². The quantitative estimate of drug-likeness (QED) is 0.285. The van der Waals surface area contributed by atoms with Gasteiger partial charge in [-0.3, -0.25) is 10.1 Å². The Morgan fingerprint density at radius 1 is 1.83 bits per heavy atom. The summed E-state index contributed by atoms with van der Waals surface area (Å²) in [7, 11) is 0. The van der Waals surface area contributed by atoms with Gasteiger partial charge in [-0.15, -0.1) is 11.8 Å². The summed E-state index contributed by atoms with van der Waals surface area (Å²) in [6, 6.07) is 1.52. The molecule has 0 fully saturated rings. The van der Waals surface area contributed by atoms with Gasteiger partial charge in [0.2, 0.25) is 0 Å². The van der Waals surface area contributed by atoms with Gasteiger partial charge in [0.25, 0.3) is 0 Å². The first-order valence-electron chi connectivity index (χ1n) is 3.58. The second-order valence-corrected chi connectivity index (χ2v) is 3.07. The molecule has 0 unspecified atom stereocenters. The van der Waals surface area contributed by atoms with E-state index in [0.29, 0.717) is 0 Å². The van der Waals surface area contributed by atoms with Crippen molar-refractivity contribution in [3.63, 3.8) is 0 Å². The molecule has 0 rings (SSSR count). The van der Waals surface area contributed by atoms with Gasteiger partial charge in [0, 0.05) is 0 Å². The zero-order valence-electron chi connectivity index (χ0n) is 6.82. The highest BCUT2D eigenvalue weighted by Gasteiger charge is 2.06. The predicted octanol–water partition coefficient (Wildman–Crippen LogP) is 2.16. The SMILES string of the molecule is CCCCS/C=C(\C#N)[N+](=O)[O-]. The van der Waals surface area contributed by atoms with Gasteiger partial charge in [-0.25, -0.2) is 0 Å². The van der Waals surface area contributed by atoms with Crippen molar-refractivity contribution in [2.45, 2.75) is 19.8 Å². The molecular weight excluding hydrogens is 176 g/mol. The second kappa shape index (κ2) is 6.68. The number of thioether (sulfide) groups is 1. The highest BCUT2D eigenvalue weighted by Crippen LogP contribution is 2.09. The van der Waals surface area contributed by atoms with Crippen molar-refractivity contribution in [3.8, 4) is 6.07 Å². The fourth-order valence-corrected chi connectivity index (χ4v) is 1.35. The Labute approximate surface area is 75.4 Å². The van der Waals surface area contributed by atoms with E-state index in [0.717, 1.165) is 18.6 Å². The number of hydrogen-bond donors (Lipinski definition) is 0. The lowest BCUT2D eigenvalue weighted by molar-refractivity contribution is -0.417. The summed E-state index contributed by atoms with van der Waals surface area (Å²) in [5.41, 5.74) is -0.379. The largest absolute Gasteiger partial charge is 0.351 e. The van der Waals surface area contributed by atoms with E-state index in [2.05, 4.69) is 0 Å². The maximum atomic E-state index is 10.1. The van der Waals surface area contributed by atoms with Crippen LogP contribution in [0.4, 0.5) is 0 Å². The highest BCUT2D eigenvalue weighted by molar-refractivity contribution is 8.02. The highest BCUT2D eigenvalue weighted by atomic mass is 32.2. The van der Waals surface area contributed by atoms with Gasteiger partial charge in [0.1, 0.15) is 0 Å². The number of hydrogen-bond acceptors (Lipinski definition) is 4. The summed E-state index contributed by atoms with van der Waals surface area (Å²) in [5.74, 6) is 0.829. The van der Waals surface area contributed by atoms with Crippen LogP contribution in [0.1, 0.15) is 19.8 Å². The molecule has 0 aliphatic carbocycles. The predicted molar refractivity (Wildman–Crippen MR) is 48.1 cm³/mol. The Morgan fingerprint density at radius 2 is 2.50 bits per heavy atom. The Morgan fingerprint density at radius 3 is 2.92 bits per heavy atom. The van der Waals surface area contributed by atoms with Crippen LogP contribution in [-0.2, 0) is 0 Å². The summed E-state index contributed by atoms with van der Waals surface area (Å²) in [4.78, 5) is 9.43. The summed E-state index contributed by atoms with van der Waals surface area (Å²) < 4.78 is 0. The molecular formula is C7H10N2O2S. The molecule has 0 aromatic heterocycles. The van der Waals surface area contributed by atoms with Gasteiger partial charge in [-0.2, -0.15) is 5.26 Å². The first-order chi connectivity index (χ1) is 5.72. The molecule has 0 spiro atoms. The number of rotatable bonds is 5. The molecule has 66 valence electrons. The molecule has 0 aliphatic heterocycles. The van der Waals surface area contributed by atoms with Crippen LogP contribution >= 0.6 is 11.8 Å². The van der Waals surface area contributed by atoms with E-state index >= 15 is 0 Å². The van der Waals surface area contributed by atoms with E-state index in [9.17, 15) is 10.1 Å². The van der Waals surface area contributed by atoms with E-state index in [1.54, 1.807) is 0 Å². The van der Waals surface area contributed by atoms with E-state index in [1.807, 2.05) is 6.92 Å². The Bertz CT molecular complexity index is 220. The first kappa shape index (κ1) is 11.0. The molecule has 5 heteroatoms. The van der Waals surface area contributed by atoms with E-state index < -0.39 is 4.92 Å². The topological polar surface area (TPSA) is 66.9 Å². The van der Waals surface area contributed by atoms with Crippen molar-refractivity contribution in [2.75, 3.05) is 5.75 Å². The standard InChI is InChI=1S/C7H10N2O2S/c1-2-3-4-12-6-7(5-8)9(10)11/h6H,2-4H2,1H3/b7-6+. The zero-order chi connectivity index (χ0) is 9.40. The maximum Gasteiger partial charge on any atom is 0.351 e. The van der Waals surface area contributed by atoms with E-state index in [-0.39, 0.29) is 5.70 Å². The van der Waals surface area contributed by atoms with Crippen LogP contribution in [-0.4, -0.2) is 10.7 Å². The third-order valence-electron chi connectivity index (χ3n) is 1.12. The number of allylic oxidation sites excluding steroid dienone is 1. The van der Waals surface area contributed by atoms with Crippen molar-refractivity contribution in [1.82, 2.24) is 0 Å². The van der Waals surface area contributed by atoms with Gasteiger partial charge < -0.3 is 0 Å². The van der Waals surface area contributed by atoms with Crippen LogP contribution in [0.2, 0.25) is 0 Å². The molecule has 0 amide bonds. The first-order valence-corrected chi connectivity index (χ1v) is 4.63. The third-order valence-corrected chi connectivity index (χ3v) is 2.04. The minimum Gasteiger partial charge on any atom is -0.258 e. The Balaban J connectivity index is 3.81. The lowest BCUT2D eigenvalue weighted by atomic mass is 10.4. The van der Waals surface area contributed by atoms with Gasteiger partial charge >= 0.3 is 5.70 Å². The molecule has 0 N–H and O–H groups in total. The maximum absolute atomic E-state index is 10.1. The van der Waals surface area contributed by atoms with E-state index in [4.69, 9.17) is 5.26 Å². The van der Waals surface area contributed by atoms with E-state index in [1.165, 1.54) is 23.2 Å². The normalized spacial score (nSPS) is 10.8. The van der Waals surface area contributed by atoms with Gasteiger partial charge in [-0.05, 0) is 12.2 Å². The fourth-order valence-electron chi connectivity index (χ4n) is 0.476. The molecule has 0 bridgehead atoms. The molecule has 12 heavy (non-hydrogen) atoms. The minimum atomic E-state index is -0.668. The van der Waals surface area contributed by atoms with Crippen LogP contribution in [0, 0.1) is 21.4 Å². The second-order valence-electron chi connectivity index (χ2n) is 2.10. The van der Waals surface area contributed by atoms with Crippen molar-refractivity contribution in [3.05, 3.63) is 21.2 Å². The molecule has 4 nitrogen and oxygen atoms in total. The third kappa shape index (κ3) is 4.74. The number of nitriles is 1. The Kier molecular flexibility index (Phi) is 6.11. The average molecular weight is 186 g/mol. The number of unbranched alkanes of at least 4 members (excludes halogenated alkanes) is 1. The molecule has 0 aliphatic rings. The summed E-state index contributed by atoms with van der Waals surface area (Å²) in [5, 5.41) is 19.7. The minimum absolute atomic E-state index is 0.379. The summed E-state index contributed by atoms with van der Waals surface area (Å²) in [6.45, 7) is 2.04.